The van der Waals surface area contributed by atoms with Crippen molar-refractivity contribution in [3.05, 3.63) is 22.2 Å². The summed E-state index contributed by atoms with van der Waals surface area (Å²) in [5.74, 6) is 0.984. The lowest BCUT2D eigenvalue weighted by Gasteiger charge is -2.35. The lowest BCUT2D eigenvalue weighted by Crippen LogP contribution is -2.45. The lowest BCUT2D eigenvalue weighted by atomic mass is 9.91. The molecule has 0 radical (unpaired) electrons. The maximum absolute atomic E-state index is 11.9. The van der Waals surface area contributed by atoms with Crippen molar-refractivity contribution in [2.45, 2.75) is 25.0 Å². The number of likely N-dealkylation sites (N-methyl/N-ethyl adjacent to an activating group) is 1. The van der Waals surface area contributed by atoms with Gasteiger partial charge in [-0.05, 0) is 41.5 Å². The van der Waals surface area contributed by atoms with Gasteiger partial charge in [0.1, 0.15) is 0 Å². The summed E-state index contributed by atoms with van der Waals surface area (Å²) in [6.07, 6.45) is 2.96. The smallest absolute Gasteiger partial charge is 0.251 e. The highest BCUT2D eigenvalue weighted by Crippen LogP contribution is 2.49. The molecule has 3 rings (SSSR count). The third-order valence-corrected chi connectivity index (χ3v) is 4.03. The zero-order chi connectivity index (χ0) is 12.8. The fourth-order valence-electron chi connectivity index (χ4n) is 2.26. The van der Waals surface area contributed by atoms with Crippen LogP contribution in [0.15, 0.2) is 16.6 Å². The van der Waals surface area contributed by atoms with E-state index in [9.17, 15) is 4.79 Å². The Labute approximate surface area is 114 Å². The second kappa shape index (κ2) is 4.24. The molecule has 0 aromatic heterocycles. The number of Topliss-reactive ketones (excluding diaryl/α,β-unsaturated/α-hetero) is 1. The molecule has 0 amide bonds. The van der Waals surface area contributed by atoms with E-state index in [4.69, 9.17) is 9.47 Å². The number of carbonyl (C=O) groups excluding carboxylic acids is 1. The van der Waals surface area contributed by atoms with Crippen LogP contribution in [0, 0.1) is 0 Å². The van der Waals surface area contributed by atoms with Gasteiger partial charge in [0.2, 0.25) is 0 Å². The standard InChI is InChI=1S/C13H14BrNO3/c1-15-7-10(16)8-5-11-12(6-9(8)14)18-13(17-11)3-2-4-13/h5-6,15H,2-4,7H2,1H3. The molecule has 1 fully saturated rings. The summed E-state index contributed by atoms with van der Waals surface area (Å²) in [5, 5.41) is 2.86. The third kappa shape index (κ3) is 1.82. The van der Waals surface area contributed by atoms with Crippen LogP contribution in [-0.2, 0) is 0 Å². The van der Waals surface area contributed by atoms with E-state index in [2.05, 4.69) is 21.2 Å². The average molecular weight is 312 g/mol. The van der Waals surface area contributed by atoms with Crippen molar-refractivity contribution in [2.75, 3.05) is 13.6 Å². The van der Waals surface area contributed by atoms with Crippen LogP contribution >= 0.6 is 15.9 Å². The SMILES string of the molecule is CNCC(=O)c1cc2c(cc1Br)OC1(CCC1)O2. The molecule has 0 saturated heterocycles. The molecule has 0 bridgehead atoms. The number of halogens is 1. The van der Waals surface area contributed by atoms with Crippen molar-refractivity contribution in [3.8, 4) is 11.5 Å². The number of benzene rings is 1. The van der Waals surface area contributed by atoms with Crippen LogP contribution in [0.3, 0.4) is 0 Å². The molecule has 1 aromatic rings. The first-order valence-electron chi connectivity index (χ1n) is 6.03. The zero-order valence-corrected chi connectivity index (χ0v) is 11.7. The molecule has 1 N–H and O–H groups in total. The first kappa shape index (κ1) is 12.0. The first-order valence-corrected chi connectivity index (χ1v) is 6.82. The Kier molecular flexibility index (Phi) is 2.83. The molecular weight excluding hydrogens is 298 g/mol. The summed E-state index contributed by atoms with van der Waals surface area (Å²) in [6, 6.07) is 3.59. The second-order valence-electron chi connectivity index (χ2n) is 4.70. The van der Waals surface area contributed by atoms with E-state index in [0.29, 0.717) is 17.9 Å². The second-order valence-corrected chi connectivity index (χ2v) is 5.55. The molecule has 96 valence electrons. The number of ketones is 1. The lowest BCUT2D eigenvalue weighted by molar-refractivity contribution is -0.138. The molecule has 1 aliphatic heterocycles. The van der Waals surface area contributed by atoms with E-state index in [0.717, 1.165) is 29.5 Å². The van der Waals surface area contributed by atoms with Crippen molar-refractivity contribution in [1.29, 1.82) is 0 Å². The van der Waals surface area contributed by atoms with Gasteiger partial charge in [-0.2, -0.15) is 0 Å². The summed E-state index contributed by atoms with van der Waals surface area (Å²) in [4.78, 5) is 11.9. The topological polar surface area (TPSA) is 47.6 Å². The Morgan fingerprint density at radius 3 is 2.61 bits per heavy atom. The molecule has 0 atom stereocenters. The minimum atomic E-state index is -0.452. The van der Waals surface area contributed by atoms with E-state index in [1.54, 1.807) is 13.1 Å². The monoisotopic (exact) mass is 311 g/mol. The predicted molar refractivity (Wildman–Crippen MR) is 70.2 cm³/mol. The molecule has 1 spiro atoms. The van der Waals surface area contributed by atoms with Crippen LogP contribution in [0.25, 0.3) is 0 Å². The van der Waals surface area contributed by atoms with Crippen LogP contribution in [-0.4, -0.2) is 25.2 Å². The molecule has 1 saturated carbocycles. The van der Waals surface area contributed by atoms with Gasteiger partial charge in [0, 0.05) is 22.9 Å². The van der Waals surface area contributed by atoms with Crippen molar-refractivity contribution < 1.29 is 14.3 Å². The quantitative estimate of drug-likeness (QED) is 0.871. The summed E-state index contributed by atoms with van der Waals surface area (Å²) in [5.41, 5.74) is 0.628. The van der Waals surface area contributed by atoms with Crippen LogP contribution in [0.2, 0.25) is 0 Å². The fourth-order valence-corrected chi connectivity index (χ4v) is 2.80. The molecule has 5 heteroatoms. The molecule has 1 aromatic carbocycles. The molecule has 1 aliphatic carbocycles. The number of carbonyl (C=O) groups is 1. The van der Waals surface area contributed by atoms with E-state index < -0.39 is 5.79 Å². The third-order valence-electron chi connectivity index (χ3n) is 3.38. The number of ether oxygens (including phenoxy) is 2. The van der Waals surface area contributed by atoms with Gasteiger partial charge in [0.25, 0.3) is 5.79 Å². The van der Waals surface area contributed by atoms with Gasteiger partial charge < -0.3 is 14.8 Å². The van der Waals surface area contributed by atoms with Gasteiger partial charge in [0.15, 0.2) is 17.3 Å². The van der Waals surface area contributed by atoms with Gasteiger partial charge >= 0.3 is 0 Å². The van der Waals surface area contributed by atoms with Gasteiger partial charge in [-0.1, -0.05) is 0 Å². The summed E-state index contributed by atoms with van der Waals surface area (Å²) < 4.78 is 12.4. The molecule has 4 nitrogen and oxygen atoms in total. The Balaban J connectivity index is 1.92. The Bertz CT molecular complexity index is 511. The predicted octanol–water partition coefficient (Wildman–Crippen LogP) is 2.50. The molecule has 1 heterocycles. The molecule has 18 heavy (non-hydrogen) atoms. The first-order chi connectivity index (χ1) is 8.63. The van der Waals surface area contributed by atoms with Gasteiger partial charge in [-0.15, -0.1) is 0 Å². The largest absolute Gasteiger partial charge is 0.448 e. The van der Waals surface area contributed by atoms with Crippen molar-refractivity contribution >= 4 is 21.7 Å². The summed E-state index contributed by atoms with van der Waals surface area (Å²) in [7, 11) is 1.75. The van der Waals surface area contributed by atoms with Crippen molar-refractivity contribution in [2.24, 2.45) is 0 Å². The highest BCUT2D eigenvalue weighted by molar-refractivity contribution is 9.10. The molecule has 2 aliphatic rings. The van der Waals surface area contributed by atoms with Gasteiger partial charge in [-0.3, -0.25) is 4.79 Å². The number of fused-ring (bicyclic) bond motifs is 1. The Morgan fingerprint density at radius 2 is 2.06 bits per heavy atom. The van der Waals surface area contributed by atoms with Gasteiger partial charge in [0.05, 0.1) is 6.54 Å². The van der Waals surface area contributed by atoms with Crippen LogP contribution in [0.5, 0.6) is 11.5 Å². The number of hydrogen-bond donors (Lipinski definition) is 1. The van der Waals surface area contributed by atoms with Crippen LogP contribution in [0.1, 0.15) is 29.6 Å². The highest BCUT2D eigenvalue weighted by Gasteiger charge is 2.47. The summed E-state index contributed by atoms with van der Waals surface area (Å²) in [6.45, 7) is 0.309. The van der Waals surface area contributed by atoms with E-state index in [-0.39, 0.29) is 5.78 Å². The van der Waals surface area contributed by atoms with Crippen molar-refractivity contribution in [3.63, 3.8) is 0 Å². The Morgan fingerprint density at radius 1 is 1.39 bits per heavy atom. The van der Waals surface area contributed by atoms with E-state index in [1.165, 1.54) is 0 Å². The van der Waals surface area contributed by atoms with Crippen LogP contribution < -0.4 is 14.8 Å². The molecule has 0 unspecified atom stereocenters. The maximum atomic E-state index is 11.9. The number of hydrogen-bond acceptors (Lipinski definition) is 4. The Hall–Kier alpha value is -1.07. The minimum absolute atomic E-state index is 0.0327. The van der Waals surface area contributed by atoms with E-state index >= 15 is 0 Å². The highest BCUT2D eigenvalue weighted by atomic mass is 79.9. The summed E-state index contributed by atoms with van der Waals surface area (Å²) >= 11 is 3.41. The number of rotatable bonds is 3. The van der Waals surface area contributed by atoms with Crippen molar-refractivity contribution in [1.82, 2.24) is 5.32 Å². The zero-order valence-electron chi connectivity index (χ0n) is 10.1. The minimum Gasteiger partial charge on any atom is -0.448 e. The maximum Gasteiger partial charge on any atom is 0.251 e. The molecular formula is C13H14BrNO3. The fraction of sp³-hybridized carbons (Fsp3) is 0.462. The number of nitrogens with one attached hydrogen (secondary N) is 1. The van der Waals surface area contributed by atoms with Gasteiger partial charge in [-0.25, -0.2) is 0 Å². The average Bonchev–Trinajstić information content (AvgIpc) is 2.66. The normalized spacial score (nSPS) is 18.8. The van der Waals surface area contributed by atoms with Crippen LogP contribution in [0.4, 0.5) is 0 Å². The van der Waals surface area contributed by atoms with E-state index in [1.807, 2.05) is 6.07 Å².